The first-order valence-corrected chi connectivity index (χ1v) is 3.94. The normalized spacial score (nSPS) is 37.8. The highest BCUT2D eigenvalue weighted by Gasteiger charge is 2.54. The molecule has 0 saturated heterocycles. The van der Waals surface area contributed by atoms with Crippen LogP contribution in [0.3, 0.4) is 0 Å². The molecule has 0 bridgehead atoms. The van der Waals surface area contributed by atoms with Crippen molar-refractivity contribution in [2.24, 2.45) is 11.1 Å². The van der Waals surface area contributed by atoms with Gasteiger partial charge in [0.1, 0.15) is 6.17 Å². The first kappa shape index (κ1) is 8.55. The monoisotopic (exact) mass is 155 g/mol. The molecular weight excluding hydrogens is 141 g/mol. The summed E-state index contributed by atoms with van der Waals surface area (Å²) in [5.41, 5.74) is 5.49. The fourth-order valence-corrected chi connectivity index (χ4v) is 1.28. The Morgan fingerprint density at radius 1 is 1.91 bits per heavy atom. The maximum atomic E-state index is 12.7. The van der Waals surface area contributed by atoms with Crippen LogP contribution >= 0.6 is 0 Å². The summed E-state index contributed by atoms with van der Waals surface area (Å²) in [5.74, 6) is 2.51. The van der Waals surface area contributed by atoms with Gasteiger partial charge < -0.3 is 5.73 Å². The van der Waals surface area contributed by atoms with Gasteiger partial charge >= 0.3 is 0 Å². The molecule has 0 amide bonds. The van der Waals surface area contributed by atoms with Crippen molar-refractivity contribution in [1.82, 2.24) is 0 Å². The molecule has 0 aromatic rings. The van der Waals surface area contributed by atoms with E-state index in [1.807, 2.05) is 6.92 Å². The van der Waals surface area contributed by atoms with E-state index in [1.54, 1.807) is 0 Å². The van der Waals surface area contributed by atoms with Crippen molar-refractivity contribution in [3.05, 3.63) is 0 Å². The molecule has 0 heterocycles. The number of halogens is 1. The molecule has 11 heavy (non-hydrogen) atoms. The van der Waals surface area contributed by atoms with Crippen LogP contribution in [-0.4, -0.2) is 12.2 Å². The lowest BCUT2D eigenvalue weighted by atomic mass is 9.95. The summed E-state index contributed by atoms with van der Waals surface area (Å²) in [4.78, 5) is 0. The zero-order valence-corrected chi connectivity index (χ0v) is 6.81. The van der Waals surface area contributed by atoms with Crippen LogP contribution in [0.2, 0.25) is 0 Å². The summed E-state index contributed by atoms with van der Waals surface area (Å²) in [5, 5.41) is 0. The van der Waals surface area contributed by atoms with E-state index >= 15 is 0 Å². The smallest absolute Gasteiger partial charge is 0.108 e. The Balaban J connectivity index is 2.32. The van der Waals surface area contributed by atoms with E-state index in [0.717, 1.165) is 6.42 Å². The molecule has 2 N–H and O–H groups in total. The predicted octanol–water partition coefficient (Wildman–Crippen LogP) is 1.48. The number of rotatable bonds is 3. The molecular formula is C9H14FN. The van der Waals surface area contributed by atoms with Gasteiger partial charge in [0.2, 0.25) is 0 Å². The molecule has 1 fully saturated rings. The molecule has 1 aliphatic rings. The lowest BCUT2D eigenvalue weighted by molar-refractivity contribution is 0.319. The minimum Gasteiger partial charge on any atom is -0.327 e. The van der Waals surface area contributed by atoms with Crippen molar-refractivity contribution in [2.45, 2.75) is 38.4 Å². The Morgan fingerprint density at radius 2 is 2.45 bits per heavy atom. The van der Waals surface area contributed by atoms with Gasteiger partial charge in [-0.2, -0.15) is 0 Å². The van der Waals surface area contributed by atoms with Crippen LogP contribution in [0.25, 0.3) is 0 Å². The lowest BCUT2D eigenvalue weighted by Crippen LogP contribution is -2.31. The van der Waals surface area contributed by atoms with Crippen LogP contribution in [0.5, 0.6) is 0 Å². The number of nitrogens with two attached hydrogens (primary N) is 1. The van der Waals surface area contributed by atoms with Gasteiger partial charge in [-0.1, -0.05) is 6.92 Å². The summed E-state index contributed by atoms with van der Waals surface area (Å²) < 4.78 is 12.7. The van der Waals surface area contributed by atoms with Crippen LogP contribution in [0.15, 0.2) is 0 Å². The number of hydrogen-bond donors (Lipinski definition) is 1. The third-order valence-electron chi connectivity index (χ3n) is 2.62. The van der Waals surface area contributed by atoms with E-state index in [9.17, 15) is 4.39 Å². The fourth-order valence-electron chi connectivity index (χ4n) is 1.28. The predicted molar refractivity (Wildman–Crippen MR) is 43.7 cm³/mol. The van der Waals surface area contributed by atoms with E-state index in [0.29, 0.717) is 12.8 Å². The van der Waals surface area contributed by atoms with Crippen molar-refractivity contribution in [3.8, 4) is 12.3 Å². The standard InChI is InChI=1S/C9H14FN/c1-3-4-5-8(11)9(2)6-7(9)10/h1,7-8H,4-6,11H2,2H3. The third-order valence-corrected chi connectivity index (χ3v) is 2.62. The molecule has 0 aromatic heterocycles. The SMILES string of the molecule is C#CCCC(N)C1(C)CC1F. The van der Waals surface area contributed by atoms with Crippen molar-refractivity contribution < 1.29 is 4.39 Å². The minimum absolute atomic E-state index is 0.0615. The molecule has 62 valence electrons. The Labute approximate surface area is 67.2 Å². The van der Waals surface area contributed by atoms with Crippen LogP contribution in [-0.2, 0) is 0 Å². The van der Waals surface area contributed by atoms with E-state index < -0.39 is 6.17 Å². The van der Waals surface area contributed by atoms with Gasteiger partial charge in [-0.15, -0.1) is 12.3 Å². The molecule has 3 atom stereocenters. The summed E-state index contributed by atoms with van der Waals surface area (Å²) in [7, 11) is 0. The quantitative estimate of drug-likeness (QED) is 0.614. The van der Waals surface area contributed by atoms with Gasteiger partial charge in [-0.3, -0.25) is 0 Å². The second-order valence-electron chi connectivity index (χ2n) is 3.53. The Morgan fingerprint density at radius 3 is 2.82 bits per heavy atom. The van der Waals surface area contributed by atoms with Crippen LogP contribution in [0, 0.1) is 17.8 Å². The van der Waals surface area contributed by atoms with Crippen molar-refractivity contribution >= 4 is 0 Å². The van der Waals surface area contributed by atoms with E-state index in [-0.39, 0.29) is 11.5 Å². The Bertz CT molecular complexity index is 184. The minimum atomic E-state index is -0.699. The van der Waals surface area contributed by atoms with Gasteiger partial charge in [-0.25, -0.2) is 4.39 Å². The maximum Gasteiger partial charge on any atom is 0.108 e. The molecule has 0 aliphatic heterocycles. The van der Waals surface area contributed by atoms with Gasteiger partial charge in [0, 0.05) is 17.9 Å². The highest BCUT2D eigenvalue weighted by Crippen LogP contribution is 2.51. The molecule has 0 radical (unpaired) electrons. The lowest BCUT2D eigenvalue weighted by Gasteiger charge is -2.16. The van der Waals surface area contributed by atoms with Crippen LogP contribution in [0.4, 0.5) is 4.39 Å². The molecule has 3 unspecified atom stereocenters. The number of alkyl halides is 1. The molecule has 1 saturated carbocycles. The molecule has 1 nitrogen and oxygen atoms in total. The topological polar surface area (TPSA) is 26.0 Å². The largest absolute Gasteiger partial charge is 0.327 e. The second-order valence-corrected chi connectivity index (χ2v) is 3.53. The number of terminal acetylenes is 1. The fraction of sp³-hybridized carbons (Fsp3) is 0.778. The molecule has 1 rings (SSSR count). The second kappa shape index (κ2) is 2.83. The zero-order chi connectivity index (χ0) is 8.48. The van der Waals surface area contributed by atoms with Gasteiger partial charge in [0.05, 0.1) is 0 Å². The Hall–Kier alpha value is -0.550. The Kier molecular flexibility index (Phi) is 2.20. The maximum absolute atomic E-state index is 12.7. The first-order chi connectivity index (χ1) is 5.11. The average molecular weight is 155 g/mol. The number of hydrogen-bond acceptors (Lipinski definition) is 1. The average Bonchev–Trinajstić information content (AvgIpc) is 2.56. The van der Waals surface area contributed by atoms with Crippen molar-refractivity contribution in [2.75, 3.05) is 0 Å². The van der Waals surface area contributed by atoms with Gasteiger partial charge in [0.15, 0.2) is 0 Å². The van der Waals surface area contributed by atoms with E-state index in [2.05, 4.69) is 5.92 Å². The van der Waals surface area contributed by atoms with E-state index in [4.69, 9.17) is 12.2 Å². The molecule has 0 aromatic carbocycles. The summed E-state index contributed by atoms with van der Waals surface area (Å²) in [6.45, 7) is 1.89. The van der Waals surface area contributed by atoms with Gasteiger partial charge in [0.25, 0.3) is 0 Å². The highest BCUT2D eigenvalue weighted by molar-refractivity contribution is 5.07. The summed E-state index contributed by atoms with van der Waals surface area (Å²) >= 11 is 0. The summed E-state index contributed by atoms with van der Waals surface area (Å²) in [6, 6.07) is -0.0615. The highest BCUT2D eigenvalue weighted by atomic mass is 19.1. The molecule has 0 spiro atoms. The first-order valence-electron chi connectivity index (χ1n) is 3.94. The van der Waals surface area contributed by atoms with Gasteiger partial charge in [-0.05, 0) is 12.8 Å². The van der Waals surface area contributed by atoms with Crippen molar-refractivity contribution in [1.29, 1.82) is 0 Å². The van der Waals surface area contributed by atoms with E-state index in [1.165, 1.54) is 0 Å². The van der Waals surface area contributed by atoms with Crippen molar-refractivity contribution in [3.63, 3.8) is 0 Å². The summed E-state index contributed by atoms with van der Waals surface area (Å²) in [6.07, 6.45) is 6.39. The molecule has 2 heteroatoms. The van der Waals surface area contributed by atoms with Crippen LogP contribution < -0.4 is 5.73 Å². The molecule has 1 aliphatic carbocycles. The van der Waals surface area contributed by atoms with Crippen LogP contribution in [0.1, 0.15) is 26.2 Å². The zero-order valence-electron chi connectivity index (χ0n) is 6.81. The third kappa shape index (κ3) is 1.54.